The maximum atomic E-state index is 4.50. The third kappa shape index (κ3) is 1.87. The number of nitrogens with zero attached hydrogens (tertiary/aromatic N) is 2. The van der Waals surface area contributed by atoms with Crippen molar-refractivity contribution < 1.29 is 0 Å². The molecule has 4 aromatic rings. The van der Waals surface area contributed by atoms with Crippen LogP contribution in [0.3, 0.4) is 0 Å². The molecule has 4 nitrogen and oxygen atoms in total. The molecule has 0 aliphatic rings. The number of hydrogen-bond donors (Lipinski definition) is 2. The zero-order valence-corrected chi connectivity index (χ0v) is 10.7. The molecule has 0 aliphatic heterocycles. The minimum absolute atomic E-state index is 0.826. The van der Waals surface area contributed by atoms with Crippen molar-refractivity contribution in [2.45, 2.75) is 0 Å². The number of aromatic amines is 2. The fourth-order valence-corrected chi connectivity index (χ4v) is 2.26. The maximum Gasteiger partial charge on any atom is 0.131 e. The maximum absolute atomic E-state index is 4.50. The van der Waals surface area contributed by atoms with Gasteiger partial charge in [-0.2, -0.15) is 0 Å². The minimum atomic E-state index is 0.826. The summed E-state index contributed by atoms with van der Waals surface area (Å²) in [5.41, 5.74) is 4.02. The molecule has 0 saturated heterocycles. The summed E-state index contributed by atoms with van der Waals surface area (Å²) in [6, 6.07) is 16.0. The van der Waals surface area contributed by atoms with Crippen LogP contribution in [0.1, 0.15) is 11.6 Å². The van der Waals surface area contributed by atoms with E-state index in [-0.39, 0.29) is 0 Å². The number of aromatic nitrogens is 4. The smallest absolute Gasteiger partial charge is 0.131 e. The van der Waals surface area contributed by atoms with Crippen LogP contribution < -0.4 is 0 Å². The topological polar surface area (TPSA) is 57.4 Å². The van der Waals surface area contributed by atoms with Gasteiger partial charge in [-0.05, 0) is 36.4 Å². The highest BCUT2D eigenvalue weighted by molar-refractivity contribution is 5.80. The molecular formula is C16H12N4. The van der Waals surface area contributed by atoms with Crippen molar-refractivity contribution in [3.05, 3.63) is 60.2 Å². The van der Waals surface area contributed by atoms with Gasteiger partial charge in [-0.3, -0.25) is 0 Å². The zero-order valence-electron chi connectivity index (χ0n) is 10.7. The largest absolute Gasteiger partial charge is 0.338 e. The van der Waals surface area contributed by atoms with Gasteiger partial charge in [-0.1, -0.05) is 24.3 Å². The summed E-state index contributed by atoms with van der Waals surface area (Å²) in [5, 5.41) is 0. The van der Waals surface area contributed by atoms with E-state index in [4.69, 9.17) is 0 Å². The molecule has 0 atom stereocenters. The van der Waals surface area contributed by atoms with Gasteiger partial charge in [0.2, 0.25) is 0 Å². The Bertz CT molecular complexity index is 772. The second-order valence-electron chi connectivity index (χ2n) is 4.61. The number of H-pyrrole nitrogens is 2. The summed E-state index contributed by atoms with van der Waals surface area (Å²) in [5.74, 6) is 1.65. The molecule has 0 radical (unpaired) electrons. The van der Waals surface area contributed by atoms with Crippen LogP contribution in [0.25, 0.3) is 34.2 Å². The molecule has 4 heteroatoms. The first kappa shape index (κ1) is 11.0. The monoisotopic (exact) mass is 260 g/mol. The van der Waals surface area contributed by atoms with E-state index in [1.54, 1.807) is 0 Å². The highest BCUT2D eigenvalue weighted by atomic mass is 14.9. The lowest BCUT2D eigenvalue weighted by Gasteiger charge is -1.84. The molecule has 0 unspecified atom stereocenters. The Morgan fingerprint density at radius 2 is 1.10 bits per heavy atom. The van der Waals surface area contributed by atoms with Crippen LogP contribution in [-0.4, -0.2) is 19.9 Å². The summed E-state index contributed by atoms with van der Waals surface area (Å²) in [7, 11) is 0. The number of nitrogens with one attached hydrogen (secondary N) is 2. The standard InChI is InChI=1S/C16H12N4/c1-2-6-12-11(5-1)17-15(18-12)9-10-16-19-13-7-3-4-8-14(13)20-16/h1-10H,(H,17,18)(H,19,20)/b10-9+. The van der Waals surface area contributed by atoms with E-state index in [9.17, 15) is 0 Å². The van der Waals surface area contributed by atoms with E-state index in [0.29, 0.717) is 0 Å². The molecule has 20 heavy (non-hydrogen) atoms. The Balaban J connectivity index is 1.70. The number of fused-ring (bicyclic) bond motifs is 2. The van der Waals surface area contributed by atoms with Crippen LogP contribution in [-0.2, 0) is 0 Å². The van der Waals surface area contributed by atoms with Crippen LogP contribution in [0.5, 0.6) is 0 Å². The van der Waals surface area contributed by atoms with Gasteiger partial charge in [-0.15, -0.1) is 0 Å². The summed E-state index contributed by atoms with van der Waals surface area (Å²) >= 11 is 0. The number of rotatable bonds is 2. The zero-order chi connectivity index (χ0) is 13.4. The normalized spacial score (nSPS) is 11.8. The minimum Gasteiger partial charge on any atom is -0.338 e. The molecule has 2 N–H and O–H groups in total. The lowest BCUT2D eigenvalue weighted by Crippen LogP contribution is -1.76. The van der Waals surface area contributed by atoms with E-state index < -0.39 is 0 Å². The van der Waals surface area contributed by atoms with Crippen molar-refractivity contribution in [2.24, 2.45) is 0 Å². The molecule has 0 bridgehead atoms. The number of hydrogen-bond acceptors (Lipinski definition) is 2. The molecule has 2 aromatic heterocycles. The summed E-state index contributed by atoms with van der Waals surface area (Å²) in [6.45, 7) is 0. The lowest BCUT2D eigenvalue weighted by molar-refractivity contribution is 1.27. The third-order valence-corrected chi connectivity index (χ3v) is 3.21. The van der Waals surface area contributed by atoms with Crippen molar-refractivity contribution >= 4 is 34.2 Å². The van der Waals surface area contributed by atoms with Crippen LogP contribution in [0, 0.1) is 0 Å². The van der Waals surface area contributed by atoms with Gasteiger partial charge in [0, 0.05) is 0 Å². The van der Waals surface area contributed by atoms with Gasteiger partial charge in [0.1, 0.15) is 11.6 Å². The SMILES string of the molecule is C(=C\c1nc2ccccc2[nH]1)/c1nc2ccccc2[nH]1. The molecule has 0 saturated carbocycles. The van der Waals surface area contributed by atoms with Gasteiger partial charge in [0.15, 0.2) is 0 Å². The highest BCUT2D eigenvalue weighted by Crippen LogP contribution is 2.14. The Hall–Kier alpha value is -2.88. The molecule has 0 aliphatic carbocycles. The van der Waals surface area contributed by atoms with E-state index in [2.05, 4.69) is 19.9 Å². The second-order valence-corrected chi connectivity index (χ2v) is 4.61. The highest BCUT2D eigenvalue weighted by Gasteiger charge is 2.00. The predicted octanol–water partition coefficient (Wildman–Crippen LogP) is 3.61. The van der Waals surface area contributed by atoms with Crippen molar-refractivity contribution in [3.8, 4) is 0 Å². The van der Waals surface area contributed by atoms with E-state index in [1.807, 2.05) is 60.7 Å². The summed E-state index contributed by atoms with van der Waals surface area (Å²) in [6.07, 6.45) is 3.86. The quantitative estimate of drug-likeness (QED) is 0.578. The van der Waals surface area contributed by atoms with Crippen LogP contribution >= 0.6 is 0 Å². The number of para-hydroxylation sites is 4. The van der Waals surface area contributed by atoms with Gasteiger partial charge in [0.25, 0.3) is 0 Å². The fraction of sp³-hybridized carbons (Fsp3) is 0. The molecule has 2 aromatic carbocycles. The Morgan fingerprint density at radius 3 is 1.55 bits per heavy atom. The van der Waals surface area contributed by atoms with E-state index in [0.717, 1.165) is 33.7 Å². The van der Waals surface area contributed by atoms with Crippen molar-refractivity contribution in [2.75, 3.05) is 0 Å². The van der Waals surface area contributed by atoms with Crippen molar-refractivity contribution in [1.82, 2.24) is 19.9 Å². The average molecular weight is 260 g/mol. The summed E-state index contributed by atoms with van der Waals surface area (Å²) < 4.78 is 0. The molecule has 4 rings (SSSR count). The van der Waals surface area contributed by atoms with Gasteiger partial charge in [-0.25, -0.2) is 9.97 Å². The Morgan fingerprint density at radius 1 is 0.650 bits per heavy atom. The average Bonchev–Trinajstić information content (AvgIpc) is 3.07. The first-order valence-corrected chi connectivity index (χ1v) is 6.46. The van der Waals surface area contributed by atoms with Gasteiger partial charge < -0.3 is 9.97 Å². The second kappa shape index (κ2) is 4.35. The predicted molar refractivity (Wildman–Crippen MR) is 81.1 cm³/mol. The number of benzene rings is 2. The molecule has 0 amide bonds. The Kier molecular flexibility index (Phi) is 2.39. The van der Waals surface area contributed by atoms with Crippen molar-refractivity contribution in [1.29, 1.82) is 0 Å². The molecule has 0 spiro atoms. The van der Waals surface area contributed by atoms with Gasteiger partial charge >= 0.3 is 0 Å². The molecular weight excluding hydrogens is 248 g/mol. The van der Waals surface area contributed by atoms with E-state index in [1.165, 1.54) is 0 Å². The first-order valence-electron chi connectivity index (χ1n) is 6.46. The Labute approximate surface area is 115 Å². The third-order valence-electron chi connectivity index (χ3n) is 3.21. The fourth-order valence-electron chi connectivity index (χ4n) is 2.26. The lowest BCUT2D eigenvalue weighted by atomic mass is 10.3. The first-order chi connectivity index (χ1) is 9.88. The van der Waals surface area contributed by atoms with E-state index >= 15 is 0 Å². The molecule has 96 valence electrons. The number of imidazole rings is 2. The van der Waals surface area contributed by atoms with Crippen LogP contribution in [0.4, 0.5) is 0 Å². The summed E-state index contributed by atoms with van der Waals surface area (Å²) in [4.78, 5) is 15.5. The van der Waals surface area contributed by atoms with Crippen LogP contribution in [0.2, 0.25) is 0 Å². The van der Waals surface area contributed by atoms with Crippen LogP contribution in [0.15, 0.2) is 48.5 Å². The molecule has 2 heterocycles. The molecule has 0 fully saturated rings. The van der Waals surface area contributed by atoms with Gasteiger partial charge in [0.05, 0.1) is 22.1 Å². The van der Waals surface area contributed by atoms with Crippen molar-refractivity contribution in [3.63, 3.8) is 0 Å².